The Kier molecular flexibility index (Phi) is 2.65. The molecule has 0 atom stereocenters. The van der Waals surface area contributed by atoms with Crippen LogP contribution in [0.4, 0.5) is 0 Å². The molecule has 0 saturated carbocycles. The van der Waals surface area contributed by atoms with Gasteiger partial charge < -0.3 is 15.2 Å². The van der Waals surface area contributed by atoms with Crippen molar-refractivity contribution in [1.29, 1.82) is 0 Å². The molecule has 0 aromatic rings. The summed E-state index contributed by atoms with van der Waals surface area (Å²) in [6.45, 7) is 3.01. The van der Waals surface area contributed by atoms with E-state index in [9.17, 15) is 0 Å². The Morgan fingerprint density at radius 2 is 2.30 bits per heavy atom. The van der Waals surface area contributed by atoms with E-state index in [-0.39, 0.29) is 12.0 Å². The van der Waals surface area contributed by atoms with E-state index < -0.39 is 0 Å². The molecular formula is C7H15NO2. The zero-order chi connectivity index (χ0) is 7.45. The van der Waals surface area contributed by atoms with Gasteiger partial charge in [0, 0.05) is 32.2 Å². The Labute approximate surface area is 61.4 Å². The first kappa shape index (κ1) is 7.98. The summed E-state index contributed by atoms with van der Waals surface area (Å²) < 4.78 is 5.05. The maximum Gasteiger partial charge on any atom is 0.0543 e. The van der Waals surface area contributed by atoms with E-state index in [0.717, 1.165) is 26.1 Å². The summed E-state index contributed by atoms with van der Waals surface area (Å²) in [5.41, 5.74) is 0.240. The van der Waals surface area contributed by atoms with Gasteiger partial charge in [-0.3, -0.25) is 0 Å². The molecule has 0 spiro atoms. The van der Waals surface area contributed by atoms with Crippen molar-refractivity contribution < 1.29 is 9.84 Å². The molecule has 0 aromatic heterocycles. The van der Waals surface area contributed by atoms with Gasteiger partial charge in [0.05, 0.1) is 6.61 Å². The maximum absolute atomic E-state index is 8.71. The van der Waals surface area contributed by atoms with Crippen LogP contribution in [-0.2, 0) is 4.74 Å². The van der Waals surface area contributed by atoms with Crippen molar-refractivity contribution in [3.8, 4) is 0 Å². The van der Waals surface area contributed by atoms with E-state index in [4.69, 9.17) is 9.84 Å². The van der Waals surface area contributed by atoms with Gasteiger partial charge in [0.1, 0.15) is 0 Å². The van der Waals surface area contributed by atoms with Gasteiger partial charge in [-0.25, -0.2) is 0 Å². The van der Waals surface area contributed by atoms with Crippen LogP contribution in [0.2, 0.25) is 0 Å². The molecule has 10 heavy (non-hydrogen) atoms. The molecule has 1 saturated heterocycles. The molecule has 1 fully saturated rings. The van der Waals surface area contributed by atoms with Crippen LogP contribution in [0.15, 0.2) is 0 Å². The smallest absolute Gasteiger partial charge is 0.0543 e. The van der Waals surface area contributed by atoms with Gasteiger partial charge in [0.25, 0.3) is 0 Å². The first-order valence-electron chi connectivity index (χ1n) is 3.63. The summed E-state index contributed by atoms with van der Waals surface area (Å²) in [7, 11) is 1.71. The Morgan fingerprint density at radius 3 is 2.60 bits per heavy atom. The Hall–Kier alpha value is -0.120. The number of ether oxygens (including phenoxy) is 1. The summed E-state index contributed by atoms with van der Waals surface area (Å²) in [5, 5.41) is 11.9. The largest absolute Gasteiger partial charge is 0.396 e. The fourth-order valence-electron chi connectivity index (χ4n) is 1.37. The molecule has 3 nitrogen and oxygen atoms in total. The summed E-state index contributed by atoms with van der Waals surface area (Å²) in [6.07, 6.45) is 0.855. The van der Waals surface area contributed by atoms with Crippen LogP contribution < -0.4 is 5.32 Å². The first-order chi connectivity index (χ1) is 4.83. The summed E-state index contributed by atoms with van der Waals surface area (Å²) in [6, 6.07) is 0. The lowest BCUT2D eigenvalue weighted by atomic mass is 9.80. The van der Waals surface area contributed by atoms with E-state index in [1.54, 1.807) is 7.11 Å². The molecule has 1 aliphatic heterocycles. The van der Waals surface area contributed by atoms with E-state index in [2.05, 4.69) is 5.32 Å². The number of aliphatic hydroxyl groups is 1. The highest BCUT2D eigenvalue weighted by Gasteiger charge is 2.35. The SMILES string of the molecule is COCC1(CCO)CNC1. The number of rotatable bonds is 4. The molecule has 0 bridgehead atoms. The van der Waals surface area contributed by atoms with Crippen molar-refractivity contribution in [2.24, 2.45) is 5.41 Å². The molecule has 0 radical (unpaired) electrons. The van der Waals surface area contributed by atoms with Gasteiger partial charge >= 0.3 is 0 Å². The van der Waals surface area contributed by atoms with Crippen LogP contribution in [-0.4, -0.2) is 38.5 Å². The molecule has 60 valence electrons. The lowest BCUT2D eigenvalue weighted by molar-refractivity contribution is 0.0177. The minimum absolute atomic E-state index is 0.240. The molecular weight excluding hydrogens is 130 g/mol. The molecule has 0 aliphatic carbocycles. The molecule has 0 amide bonds. The zero-order valence-electron chi connectivity index (χ0n) is 6.39. The number of hydrogen-bond donors (Lipinski definition) is 2. The number of methoxy groups -OCH3 is 1. The zero-order valence-corrected chi connectivity index (χ0v) is 6.39. The monoisotopic (exact) mass is 145 g/mol. The number of aliphatic hydroxyl groups excluding tert-OH is 1. The molecule has 1 rings (SSSR count). The second kappa shape index (κ2) is 3.32. The molecule has 1 heterocycles. The quantitative estimate of drug-likeness (QED) is 0.566. The van der Waals surface area contributed by atoms with Gasteiger partial charge in [-0.05, 0) is 6.42 Å². The second-order valence-corrected chi connectivity index (χ2v) is 3.01. The van der Waals surface area contributed by atoms with Crippen LogP contribution >= 0.6 is 0 Å². The molecule has 0 aromatic carbocycles. The Bertz CT molecular complexity index is 93.8. The van der Waals surface area contributed by atoms with Crippen molar-refractivity contribution >= 4 is 0 Å². The topological polar surface area (TPSA) is 41.5 Å². The number of nitrogens with one attached hydrogen (secondary N) is 1. The van der Waals surface area contributed by atoms with Crippen LogP contribution in [0.1, 0.15) is 6.42 Å². The van der Waals surface area contributed by atoms with Crippen LogP contribution in [0, 0.1) is 5.41 Å². The predicted octanol–water partition coefficient (Wildman–Crippen LogP) is -0.395. The predicted molar refractivity (Wildman–Crippen MR) is 38.9 cm³/mol. The summed E-state index contributed by atoms with van der Waals surface area (Å²) in [4.78, 5) is 0. The normalized spacial score (nSPS) is 22.2. The summed E-state index contributed by atoms with van der Waals surface area (Å²) in [5.74, 6) is 0. The van der Waals surface area contributed by atoms with Crippen molar-refractivity contribution in [3.05, 3.63) is 0 Å². The fourth-order valence-corrected chi connectivity index (χ4v) is 1.37. The lowest BCUT2D eigenvalue weighted by Crippen LogP contribution is -2.56. The van der Waals surface area contributed by atoms with Gasteiger partial charge in [-0.1, -0.05) is 0 Å². The van der Waals surface area contributed by atoms with Crippen LogP contribution in [0.25, 0.3) is 0 Å². The third kappa shape index (κ3) is 1.48. The average molecular weight is 145 g/mol. The summed E-state index contributed by atoms with van der Waals surface area (Å²) >= 11 is 0. The minimum atomic E-state index is 0.240. The highest BCUT2D eigenvalue weighted by molar-refractivity contribution is 4.91. The van der Waals surface area contributed by atoms with Crippen LogP contribution in [0.3, 0.4) is 0 Å². The van der Waals surface area contributed by atoms with Crippen molar-refractivity contribution in [3.63, 3.8) is 0 Å². The Balaban J connectivity index is 2.27. The van der Waals surface area contributed by atoms with E-state index in [1.807, 2.05) is 0 Å². The van der Waals surface area contributed by atoms with Crippen LogP contribution in [0.5, 0.6) is 0 Å². The standard InChI is InChI=1S/C7H15NO2/c1-10-6-7(2-3-9)4-8-5-7/h8-9H,2-6H2,1H3. The van der Waals surface area contributed by atoms with Crippen molar-refractivity contribution in [1.82, 2.24) is 5.32 Å². The van der Waals surface area contributed by atoms with E-state index in [1.165, 1.54) is 0 Å². The van der Waals surface area contributed by atoms with Gasteiger partial charge in [0.15, 0.2) is 0 Å². The fraction of sp³-hybridized carbons (Fsp3) is 1.00. The highest BCUT2D eigenvalue weighted by Crippen LogP contribution is 2.26. The van der Waals surface area contributed by atoms with E-state index >= 15 is 0 Å². The number of hydrogen-bond acceptors (Lipinski definition) is 3. The maximum atomic E-state index is 8.71. The molecule has 0 unspecified atom stereocenters. The third-order valence-corrected chi connectivity index (χ3v) is 2.09. The highest BCUT2D eigenvalue weighted by atomic mass is 16.5. The van der Waals surface area contributed by atoms with Gasteiger partial charge in [-0.2, -0.15) is 0 Å². The molecule has 2 N–H and O–H groups in total. The first-order valence-corrected chi connectivity index (χ1v) is 3.63. The van der Waals surface area contributed by atoms with Crippen molar-refractivity contribution in [2.75, 3.05) is 33.4 Å². The Morgan fingerprint density at radius 1 is 1.60 bits per heavy atom. The molecule has 3 heteroatoms. The second-order valence-electron chi connectivity index (χ2n) is 3.01. The van der Waals surface area contributed by atoms with E-state index in [0.29, 0.717) is 0 Å². The average Bonchev–Trinajstić information content (AvgIpc) is 1.84. The third-order valence-electron chi connectivity index (χ3n) is 2.09. The molecule has 1 aliphatic rings. The van der Waals surface area contributed by atoms with Gasteiger partial charge in [0.2, 0.25) is 0 Å². The lowest BCUT2D eigenvalue weighted by Gasteiger charge is -2.41. The van der Waals surface area contributed by atoms with Crippen molar-refractivity contribution in [2.45, 2.75) is 6.42 Å². The minimum Gasteiger partial charge on any atom is -0.396 e. The van der Waals surface area contributed by atoms with Gasteiger partial charge in [-0.15, -0.1) is 0 Å².